The summed E-state index contributed by atoms with van der Waals surface area (Å²) in [5.41, 5.74) is 0.513. The van der Waals surface area contributed by atoms with E-state index in [9.17, 15) is 9.59 Å². The first-order valence-electron chi connectivity index (χ1n) is 7.11. The molecular weight excluding hydrogens is 382 g/mol. The summed E-state index contributed by atoms with van der Waals surface area (Å²) in [6.07, 6.45) is -0.629. The van der Waals surface area contributed by atoms with E-state index < -0.39 is 23.7 Å². The molecule has 23 heavy (non-hydrogen) atoms. The molecule has 1 aromatic carbocycles. The lowest BCUT2D eigenvalue weighted by atomic mass is 10.2. The highest BCUT2D eigenvalue weighted by Crippen LogP contribution is 2.18. The average Bonchev–Trinajstić information content (AvgIpc) is 2.43. The van der Waals surface area contributed by atoms with Crippen LogP contribution in [-0.4, -0.2) is 36.6 Å². The number of ether oxygens (including phenoxy) is 2. The van der Waals surface area contributed by atoms with Crippen LogP contribution in [0.25, 0.3) is 0 Å². The van der Waals surface area contributed by atoms with Crippen molar-refractivity contribution in [2.24, 2.45) is 0 Å². The molecule has 0 aliphatic carbocycles. The summed E-state index contributed by atoms with van der Waals surface area (Å²) in [6, 6.07) is 7.19. The Morgan fingerprint density at radius 3 is 2.61 bits per heavy atom. The molecule has 0 fully saturated rings. The minimum Gasteiger partial charge on any atom is -0.467 e. The number of rotatable bonds is 6. The SMILES string of the molecule is COC(=O)C(CSCc1cccc(Br)c1)NC(=O)OC(C)(C)C. The van der Waals surface area contributed by atoms with Gasteiger partial charge in [-0.15, -0.1) is 0 Å². The third-order valence-electron chi connectivity index (χ3n) is 2.62. The number of hydrogen-bond acceptors (Lipinski definition) is 5. The van der Waals surface area contributed by atoms with E-state index in [1.165, 1.54) is 18.9 Å². The van der Waals surface area contributed by atoms with Gasteiger partial charge in [0.1, 0.15) is 11.6 Å². The average molecular weight is 404 g/mol. The highest BCUT2D eigenvalue weighted by Gasteiger charge is 2.24. The van der Waals surface area contributed by atoms with Crippen LogP contribution in [-0.2, 0) is 20.0 Å². The number of halogens is 1. The van der Waals surface area contributed by atoms with Gasteiger partial charge in [0.15, 0.2) is 0 Å². The molecule has 1 unspecified atom stereocenters. The van der Waals surface area contributed by atoms with Gasteiger partial charge in [0.25, 0.3) is 0 Å². The Bertz CT molecular complexity index is 545. The van der Waals surface area contributed by atoms with Crippen molar-refractivity contribution in [2.75, 3.05) is 12.9 Å². The Morgan fingerprint density at radius 2 is 2.04 bits per heavy atom. The van der Waals surface area contributed by atoms with Crippen LogP contribution >= 0.6 is 27.7 Å². The van der Waals surface area contributed by atoms with Crippen LogP contribution in [0, 0.1) is 0 Å². The number of thioether (sulfide) groups is 1. The smallest absolute Gasteiger partial charge is 0.408 e. The van der Waals surface area contributed by atoms with E-state index in [1.807, 2.05) is 24.3 Å². The number of alkyl carbamates (subject to hydrolysis) is 1. The number of carbonyl (C=O) groups is 2. The molecule has 0 aromatic heterocycles. The zero-order valence-electron chi connectivity index (χ0n) is 13.7. The number of esters is 1. The number of nitrogens with one attached hydrogen (secondary N) is 1. The molecule has 0 aliphatic heterocycles. The van der Waals surface area contributed by atoms with Crippen LogP contribution < -0.4 is 5.32 Å². The first-order chi connectivity index (χ1) is 10.7. The zero-order chi connectivity index (χ0) is 17.5. The molecule has 0 saturated carbocycles. The van der Waals surface area contributed by atoms with Gasteiger partial charge < -0.3 is 14.8 Å². The van der Waals surface area contributed by atoms with E-state index in [1.54, 1.807) is 20.8 Å². The van der Waals surface area contributed by atoms with Gasteiger partial charge in [-0.25, -0.2) is 9.59 Å². The molecule has 0 saturated heterocycles. The largest absolute Gasteiger partial charge is 0.467 e. The third-order valence-corrected chi connectivity index (χ3v) is 4.22. The summed E-state index contributed by atoms with van der Waals surface area (Å²) < 4.78 is 10.9. The molecule has 0 bridgehead atoms. The Balaban J connectivity index is 2.54. The second-order valence-corrected chi connectivity index (χ2v) is 7.81. The maximum absolute atomic E-state index is 11.8. The monoisotopic (exact) mass is 403 g/mol. The van der Waals surface area contributed by atoms with Gasteiger partial charge in [0, 0.05) is 16.0 Å². The van der Waals surface area contributed by atoms with Gasteiger partial charge in [-0.2, -0.15) is 11.8 Å². The lowest BCUT2D eigenvalue weighted by Crippen LogP contribution is -2.45. The molecule has 1 N–H and O–H groups in total. The van der Waals surface area contributed by atoms with Gasteiger partial charge in [0.05, 0.1) is 7.11 Å². The van der Waals surface area contributed by atoms with Crippen LogP contribution in [0.4, 0.5) is 4.79 Å². The molecule has 0 aliphatic rings. The third kappa shape index (κ3) is 8.27. The molecule has 0 spiro atoms. The van der Waals surface area contributed by atoms with Crippen LogP contribution in [0.1, 0.15) is 26.3 Å². The number of carbonyl (C=O) groups excluding carboxylic acids is 2. The van der Waals surface area contributed by atoms with Crippen LogP contribution in [0.15, 0.2) is 28.7 Å². The Labute approximate surface area is 149 Å². The normalized spacial score (nSPS) is 12.4. The van der Waals surface area contributed by atoms with Gasteiger partial charge >= 0.3 is 12.1 Å². The van der Waals surface area contributed by atoms with Crippen molar-refractivity contribution in [1.82, 2.24) is 5.32 Å². The Morgan fingerprint density at radius 1 is 1.35 bits per heavy atom. The fourth-order valence-corrected chi connectivity index (χ4v) is 3.12. The van der Waals surface area contributed by atoms with Gasteiger partial charge in [-0.1, -0.05) is 28.1 Å². The summed E-state index contributed by atoms with van der Waals surface area (Å²) in [5, 5.41) is 2.56. The van der Waals surface area contributed by atoms with Crippen LogP contribution in [0.2, 0.25) is 0 Å². The topological polar surface area (TPSA) is 64.6 Å². The molecule has 128 valence electrons. The molecule has 1 atom stereocenters. The van der Waals surface area contributed by atoms with E-state index in [2.05, 4.69) is 21.2 Å². The summed E-state index contributed by atoms with van der Waals surface area (Å²) in [7, 11) is 1.30. The molecule has 0 heterocycles. The van der Waals surface area contributed by atoms with Gasteiger partial charge in [0.2, 0.25) is 0 Å². The number of amides is 1. The maximum Gasteiger partial charge on any atom is 0.408 e. The summed E-state index contributed by atoms with van der Waals surface area (Å²) in [6.45, 7) is 5.30. The molecule has 5 nitrogen and oxygen atoms in total. The van der Waals surface area contributed by atoms with Crippen molar-refractivity contribution in [3.63, 3.8) is 0 Å². The number of methoxy groups -OCH3 is 1. The molecule has 0 radical (unpaired) electrons. The molecule has 7 heteroatoms. The lowest BCUT2D eigenvalue weighted by molar-refractivity contribution is -0.142. The Kier molecular flexibility index (Phi) is 7.91. The van der Waals surface area contributed by atoms with E-state index in [4.69, 9.17) is 9.47 Å². The van der Waals surface area contributed by atoms with Gasteiger partial charge in [-0.05, 0) is 38.5 Å². The number of benzene rings is 1. The molecular formula is C16H22BrNO4S. The van der Waals surface area contributed by atoms with Crippen LogP contribution in [0.5, 0.6) is 0 Å². The van der Waals surface area contributed by atoms with Crippen molar-refractivity contribution >= 4 is 39.8 Å². The minimum absolute atomic E-state index is 0.401. The highest BCUT2D eigenvalue weighted by atomic mass is 79.9. The second kappa shape index (κ2) is 9.17. The summed E-state index contributed by atoms with van der Waals surface area (Å²) in [5.74, 6) is 0.638. The molecule has 1 aromatic rings. The highest BCUT2D eigenvalue weighted by molar-refractivity contribution is 9.10. The first-order valence-corrected chi connectivity index (χ1v) is 9.05. The fourth-order valence-electron chi connectivity index (χ4n) is 1.68. The predicted molar refractivity (Wildman–Crippen MR) is 95.5 cm³/mol. The van der Waals surface area contributed by atoms with Crippen molar-refractivity contribution in [2.45, 2.75) is 38.2 Å². The Hall–Kier alpha value is -1.21. The van der Waals surface area contributed by atoms with Crippen molar-refractivity contribution in [3.05, 3.63) is 34.3 Å². The standard InChI is InChI=1S/C16H22BrNO4S/c1-16(2,3)22-15(20)18-13(14(19)21-4)10-23-9-11-6-5-7-12(17)8-11/h5-8,13H,9-10H2,1-4H3,(H,18,20). The van der Waals surface area contributed by atoms with E-state index >= 15 is 0 Å². The quantitative estimate of drug-likeness (QED) is 0.732. The number of hydrogen-bond donors (Lipinski definition) is 1. The van der Waals surface area contributed by atoms with Gasteiger partial charge in [-0.3, -0.25) is 0 Å². The van der Waals surface area contributed by atoms with Crippen molar-refractivity contribution < 1.29 is 19.1 Å². The minimum atomic E-state index is -0.744. The predicted octanol–water partition coefficient (Wildman–Crippen LogP) is 3.75. The molecule has 1 rings (SSSR count). The van der Waals surface area contributed by atoms with E-state index in [-0.39, 0.29) is 0 Å². The first kappa shape index (κ1) is 19.8. The fraction of sp³-hybridized carbons (Fsp3) is 0.500. The second-order valence-electron chi connectivity index (χ2n) is 5.87. The summed E-state index contributed by atoms with van der Waals surface area (Å²) >= 11 is 4.96. The van der Waals surface area contributed by atoms with E-state index in [0.29, 0.717) is 5.75 Å². The van der Waals surface area contributed by atoms with Crippen molar-refractivity contribution in [3.8, 4) is 0 Å². The van der Waals surface area contributed by atoms with Crippen LogP contribution in [0.3, 0.4) is 0 Å². The molecule has 1 amide bonds. The van der Waals surface area contributed by atoms with E-state index in [0.717, 1.165) is 15.8 Å². The lowest BCUT2D eigenvalue weighted by Gasteiger charge is -2.22. The summed E-state index contributed by atoms with van der Waals surface area (Å²) in [4.78, 5) is 23.6. The van der Waals surface area contributed by atoms with Crippen molar-refractivity contribution in [1.29, 1.82) is 0 Å². The zero-order valence-corrected chi connectivity index (χ0v) is 16.1. The maximum atomic E-state index is 11.8.